The number of benzene rings is 2. The summed E-state index contributed by atoms with van der Waals surface area (Å²) in [4.78, 5) is 37.0. The first-order valence-electron chi connectivity index (χ1n) is 7.61. The molecule has 0 N–H and O–H groups in total. The molecule has 1 aliphatic heterocycles. The Bertz CT molecular complexity index is 900. The Hall–Kier alpha value is -3.15. The first-order valence-corrected chi connectivity index (χ1v) is 7.61. The summed E-state index contributed by atoms with van der Waals surface area (Å²) in [6, 6.07) is 12.6. The van der Waals surface area contributed by atoms with Gasteiger partial charge >= 0.3 is 17.9 Å². The van der Waals surface area contributed by atoms with E-state index in [0.717, 1.165) is 10.8 Å². The van der Waals surface area contributed by atoms with Crippen molar-refractivity contribution < 1.29 is 28.6 Å². The number of hydrogen-bond acceptors (Lipinski definition) is 6. The molecule has 1 aliphatic rings. The van der Waals surface area contributed by atoms with Gasteiger partial charge in [0.2, 0.25) is 0 Å². The Kier molecular flexibility index (Phi) is 4.04. The van der Waals surface area contributed by atoms with E-state index in [2.05, 4.69) is 0 Å². The summed E-state index contributed by atoms with van der Waals surface area (Å²) >= 11 is 0. The minimum atomic E-state index is -1.39. The van der Waals surface area contributed by atoms with Crippen LogP contribution < -0.4 is 0 Å². The van der Waals surface area contributed by atoms with Gasteiger partial charge in [-0.3, -0.25) is 0 Å². The Labute approximate surface area is 144 Å². The standard InChI is InChI=1S/C19H16O6/c1-19(2)24-17(21)15(18(22)25-19)14(16(20)23-3)13-9-8-11-6-4-5-7-12(11)10-13/h4-10H,1-3H3. The molecule has 0 atom stereocenters. The highest BCUT2D eigenvalue weighted by Crippen LogP contribution is 2.31. The van der Waals surface area contributed by atoms with E-state index in [1.807, 2.05) is 24.3 Å². The number of methoxy groups -OCH3 is 1. The maximum absolute atomic E-state index is 12.3. The molecule has 1 heterocycles. The van der Waals surface area contributed by atoms with Crippen LogP contribution in [0.15, 0.2) is 48.0 Å². The minimum absolute atomic E-state index is 0.182. The number of cyclic esters (lactones) is 2. The maximum atomic E-state index is 12.3. The number of fused-ring (bicyclic) bond motifs is 1. The summed E-state index contributed by atoms with van der Waals surface area (Å²) in [6.07, 6.45) is 0. The van der Waals surface area contributed by atoms with Crippen molar-refractivity contribution in [3.8, 4) is 0 Å². The highest BCUT2D eigenvalue weighted by atomic mass is 16.7. The molecule has 2 aromatic carbocycles. The van der Waals surface area contributed by atoms with Crippen molar-refractivity contribution in [2.75, 3.05) is 7.11 Å². The zero-order valence-electron chi connectivity index (χ0n) is 14.0. The van der Waals surface area contributed by atoms with E-state index in [4.69, 9.17) is 14.2 Å². The van der Waals surface area contributed by atoms with E-state index in [0.29, 0.717) is 5.56 Å². The number of rotatable bonds is 2. The van der Waals surface area contributed by atoms with E-state index in [-0.39, 0.29) is 5.57 Å². The normalized spacial score (nSPS) is 16.2. The third-order valence-electron chi connectivity index (χ3n) is 3.76. The number of hydrogen-bond donors (Lipinski definition) is 0. The molecule has 0 spiro atoms. The van der Waals surface area contributed by atoms with Crippen LogP contribution in [0.1, 0.15) is 19.4 Å². The highest BCUT2D eigenvalue weighted by Gasteiger charge is 2.42. The zero-order chi connectivity index (χ0) is 18.2. The van der Waals surface area contributed by atoms with Crippen molar-refractivity contribution in [1.82, 2.24) is 0 Å². The van der Waals surface area contributed by atoms with Gasteiger partial charge in [0.15, 0.2) is 5.57 Å². The van der Waals surface area contributed by atoms with Crippen LogP contribution in [-0.4, -0.2) is 30.8 Å². The zero-order valence-corrected chi connectivity index (χ0v) is 14.0. The van der Waals surface area contributed by atoms with Crippen molar-refractivity contribution in [3.63, 3.8) is 0 Å². The van der Waals surface area contributed by atoms with Gasteiger partial charge in [0, 0.05) is 13.8 Å². The second kappa shape index (κ2) is 6.05. The van der Waals surface area contributed by atoms with Crippen molar-refractivity contribution in [2.45, 2.75) is 19.6 Å². The van der Waals surface area contributed by atoms with Crippen molar-refractivity contribution in [3.05, 3.63) is 53.6 Å². The van der Waals surface area contributed by atoms with Crippen LogP contribution in [-0.2, 0) is 28.6 Å². The van der Waals surface area contributed by atoms with Crippen LogP contribution >= 0.6 is 0 Å². The van der Waals surface area contributed by atoms with Crippen LogP contribution in [0.5, 0.6) is 0 Å². The third-order valence-corrected chi connectivity index (χ3v) is 3.76. The fourth-order valence-corrected chi connectivity index (χ4v) is 2.67. The number of ether oxygens (including phenoxy) is 3. The second-order valence-electron chi connectivity index (χ2n) is 5.98. The quantitative estimate of drug-likeness (QED) is 0.475. The van der Waals surface area contributed by atoms with Crippen LogP contribution in [0.3, 0.4) is 0 Å². The van der Waals surface area contributed by atoms with Gasteiger partial charge in [-0.15, -0.1) is 0 Å². The molecule has 3 rings (SSSR count). The Morgan fingerprint density at radius 3 is 2.16 bits per heavy atom. The molecule has 6 heteroatoms. The van der Waals surface area contributed by atoms with Gasteiger partial charge in [0.05, 0.1) is 12.7 Å². The van der Waals surface area contributed by atoms with E-state index >= 15 is 0 Å². The fourth-order valence-electron chi connectivity index (χ4n) is 2.67. The van der Waals surface area contributed by atoms with Gasteiger partial charge in [-0.1, -0.05) is 36.4 Å². The number of esters is 3. The molecule has 0 radical (unpaired) electrons. The molecule has 0 saturated carbocycles. The molecule has 128 valence electrons. The van der Waals surface area contributed by atoms with Crippen molar-refractivity contribution >= 4 is 34.3 Å². The van der Waals surface area contributed by atoms with Crippen LogP contribution in [0.25, 0.3) is 16.3 Å². The Morgan fingerprint density at radius 2 is 1.56 bits per heavy atom. The number of carbonyl (C=O) groups excluding carboxylic acids is 3. The molecule has 0 aliphatic carbocycles. The average molecular weight is 340 g/mol. The van der Waals surface area contributed by atoms with Gasteiger partial charge in [-0.05, 0) is 22.4 Å². The molecule has 1 fully saturated rings. The molecular formula is C19H16O6. The largest absolute Gasteiger partial charge is 0.465 e. The summed E-state index contributed by atoms with van der Waals surface area (Å²) in [5, 5.41) is 1.80. The molecule has 6 nitrogen and oxygen atoms in total. The van der Waals surface area contributed by atoms with Crippen molar-refractivity contribution in [2.24, 2.45) is 0 Å². The van der Waals surface area contributed by atoms with E-state index in [1.165, 1.54) is 21.0 Å². The first-order chi connectivity index (χ1) is 11.8. The van der Waals surface area contributed by atoms with Gasteiger partial charge in [0.25, 0.3) is 5.79 Å². The van der Waals surface area contributed by atoms with Gasteiger partial charge < -0.3 is 14.2 Å². The molecule has 0 bridgehead atoms. The average Bonchev–Trinajstić information content (AvgIpc) is 2.56. The van der Waals surface area contributed by atoms with E-state index in [9.17, 15) is 14.4 Å². The monoisotopic (exact) mass is 340 g/mol. The highest BCUT2D eigenvalue weighted by molar-refractivity contribution is 6.32. The Balaban J connectivity index is 2.22. The minimum Gasteiger partial charge on any atom is -0.465 e. The van der Waals surface area contributed by atoms with Crippen LogP contribution in [0, 0.1) is 0 Å². The lowest BCUT2D eigenvalue weighted by molar-refractivity contribution is -0.222. The lowest BCUT2D eigenvalue weighted by Crippen LogP contribution is -2.42. The van der Waals surface area contributed by atoms with E-state index < -0.39 is 29.3 Å². The molecular weight excluding hydrogens is 324 g/mol. The smallest absolute Gasteiger partial charge is 0.349 e. The molecule has 2 aromatic rings. The first kappa shape index (κ1) is 16.7. The predicted octanol–water partition coefficient (Wildman–Crippen LogP) is 2.60. The molecule has 1 saturated heterocycles. The number of carbonyl (C=O) groups is 3. The van der Waals surface area contributed by atoms with Gasteiger partial charge in [-0.25, -0.2) is 14.4 Å². The molecule has 0 amide bonds. The lowest BCUT2D eigenvalue weighted by atomic mass is 9.96. The van der Waals surface area contributed by atoms with E-state index in [1.54, 1.807) is 18.2 Å². The summed E-state index contributed by atoms with van der Waals surface area (Å²) in [7, 11) is 1.17. The third kappa shape index (κ3) is 3.10. The Morgan fingerprint density at radius 1 is 0.960 bits per heavy atom. The van der Waals surface area contributed by atoms with Gasteiger partial charge in [0.1, 0.15) is 0 Å². The fraction of sp³-hybridized carbons (Fsp3) is 0.211. The van der Waals surface area contributed by atoms with Crippen LogP contribution in [0.2, 0.25) is 0 Å². The molecule has 0 aromatic heterocycles. The predicted molar refractivity (Wildman–Crippen MR) is 89.1 cm³/mol. The van der Waals surface area contributed by atoms with Crippen LogP contribution in [0.4, 0.5) is 0 Å². The van der Waals surface area contributed by atoms with Gasteiger partial charge in [-0.2, -0.15) is 0 Å². The second-order valence-corrected chi connectivity index (χ2v) is 5.98. The summed E-state index contributed by atoms with van der Waals surface area (Å²) in [6.45, 7) is 2.88. The molecule has 0 unspecified atom stereocenters. The topological polar surface area (TPSA) is 78.9 Å². The van der Waals surface area contributed by atoms with Crippen molar-refractivity contribution in [1.29, 1.82) is 0 Å². The summed E-state index contributed by atoms with van der Waals surface area (Å²) in [5.74, 6) is -4.05. The molecule has 25 heavy (non-hydrogen) atoms. The summed E-state index contributed by atoms with van der Waals surface area (Å²) in [5.41, 5.74) is -0.283. The summed E-state index contributed by atoms with van der Waals surface area (Å²) < 4.78 is 15.0. The maximum Gasteiger partial charge on any atom is 0.349 e. The SMILES string of the molecule is COC(=O)C(=C1C(=O)OC(C)(C)OC1=O)c1ccc2ccccc2c1. The lowest BCUT2D eigenvalue weighted by Gasteiger charge is -2.30.